The quantitative estimate of drug-likeness (QED) is 0.917. The Morgan fingerprint density at radius 2 is 2.13 bits per heavy atom. The fourth-order valence-corrected chi connectivity index (χ4v) is 1.44. The van der Waals surface area contributed by atoms with Crippen LogP contribution in [0.2, 0.25) is 0 Å². The molecule has 0 heterocycles. The largest absolute Gasteiger partial charge is 0.375 e. The molecule has 0 saturated carbocycles. The Bertz CT molecular complexity index is 336. The molecule has 1 rings (SSSR count). The van der Waals surface area contributed by atoms with Crippen molar-refractivity contribution in [3.8, 4) is 0 Å². The maximum absolute atomic E-state index is 12.9. The van der Waals surface area contributed by atoms with Gasteiger partial charge in [0.25, 0.3) is 0 Å². The number of halogens is 2. The minimum absolute atomic E-state index is 0.260. The normalized spacial score (nSPS) is 11.8. The van der Waals surface area contributed by atoms with Crippen LogP contribution in [-0.2, 0) is 11.3 Å². The topological polar surface area (TPSA) is 35.2 Å². The molecule has 1 aromatic carbocycles. The van der Waals surface area contributed by atoms with Crippen molar-refractivity contribution >= 4 is 15.9 Å². The predicted octanol–water partition coefficient (Wildman–Crippen LogP) is 2.84. The number of hydrogen-bond donors (Lipinski definition) is 1. The molecule has 0 amide bonds. The van der Waals surface area contributed by atoms with Crippen LogP contribution in [0.15, 0.2) is 22.7 Å². The molecule has 0 radical (unpaired) electrons. The molecule has 2 nitrogen and oxygen atoms in total. The third kappa shape index (κ3) is 4.73. The number of hydrogen-bond acceptors (Lipinski definition) is 2. The lowest BCUT2D eigenvalue weighted by Crippen LogP contribution is -2.37. The van der Waals surface area contributed by atoms with E-state index in [1.807, 2.05) is 13.8 Å². The van der Waals surface area contributed by atoms with Crippen molar-refractivity contribution in [1.82, 2.24) is 0 Å². The van der Waals surface area contributed by atoms with Crippen LogP contribution < -0.4 is 5.73 Å². The highest BCUT2D eigenvalue weighted by Crippen LogP contribution is 2.18. The standard InChI is InChI=1S/C11H15BrFNO/c1-11(2,14)7-15-6-8-5-9(13)3-4-10(8)12/h3-5H,6-7,14H2,1-2H3. The number of ether oxygens (including phenoxy) is 1. The fourth-order valence-electron chi connectivity index (χ4n) is 1.08. The zero-order valence-electron chi connectivity index (χ0n) is 8.89. The highest BCUT2D eigenvalue weighted by Gasteiger charge is 2.11. The fraction of sp³-hybridized carbons (Fsp3) is 0.455. The van der Waals surface area contributed by atoms with Crippen molar-refractivity contribution in [2.45, 2.75) is 26.0 Å². The van der Waals surface area contributed by atoms with Gasteiger partial charge in [-0.2, -0.15) is 0 Å². The number of rotatable bonds is 4. The van der Waals surface area contributed by atoms with Crippen LogP contribution in [0.3, 0.4) is 0 Å². The molecule has 0 atom stereocenters. The van der Waals surface area contributed by atoms with E-state index in [1.165, 1.54) is 12.1 Å². The van der Waals surface area contributed by atoms with Crippen LogP contribution in [0.25, 0.3) is 0 Å². The van der Waals surface area contributed by atoms with Gasteiger partial charge in [-0.1, -0.05) is 15.9 Å². The van der Waals surface area contributed by atoms with Gasteiger partial charge in [0.1, 0.15) is 5.82 Å². The van der Waals surface area contributed by atoms with Crippen LogP contribution in [0, 0.1) is 5.82 Å². The molecule has 4 heteroatoms. The van der Waals surface area contributed by atoms with E-state index in [0.29, 0.717) is 13.2 Å². The minimum Gasteiger partial charge on any atom is -0.375 e. The molecule has 0 aliphatic rings. The van der Waals surface area contributed by atoms with Gasteiger partial charge >= 0.3 is 0 Å². The molecule has 0 aliphatic carbocycles. The highest BCUT2D eigenvalue weighted by molar-refractivity contribution is 9.10. The van der Waals surface area contributed by atoms with E-state index in [4.69, 9.17) is 10.5 Å². The molecule has 84 valence electrons. The summed E-state index contributed by atoms with van der Waals surface area (Å²) >= 11 is 3.33. The smallest absolute Gasteiger partial charge is 0.123 e. The van der Waals surface area contributed by atoms with Crippen LogP contribution in [0.5, 0.6) is 0 Å². The first-order valence-electron chi connectivity index (χ1n) is 4.69. The molecule has 1 aromatic rings. The van der Waals surface area contributed by atoms with Gasteiger partial charge in [-0.05, 0) is 37.6 Å². The van der Waals surface area contributed by atoms with E-state index in [1.54, 1.807) is 6.07 Å². The summed E-state index contributed by atoms with van der Waals surface area (Å²) in [7, 11) is 0. The second-order valence-electron chi connectivity index (χ2n) is 4.22. The van der Waals surface area contributed by atoms with Crippen molar-refractivity contribution in [3.05, 3.63) is 34.1 Å². The van der Waals surface area contributed by atoms with Gasteiger partial charge in [-0.25, -0.2) is 4.39 Å². The van der Waals surface area contributed by atoms with Gasteiger partial charge in [0, 0.05) is 10.0 Å². The molecule has 2 N–H and O–H groups in total. The number of nitrogens with two attached hydrogens (primary N) is 1. The highest BCUT2D eigenvalue weighted by atomic mass is 79.9. The Labute approximate surface area is 97.7 Å². The second kappa shape index (κ2) is 5.05. The van der Waals surface area contributed by atoms with Crippen LogP contribution in [0.4, 0.5) is 4.39 Å². The van der Waals surface area contributed by atoms with E-state index < -0.39 is 0 Å². The monoisotopic (exact) mass is 275 g/mol. The first kappa shape index (κ1) is 12.6. The van der Waals surface area contributed by atoms with Gasteiger partial charge in [-0.3, -0.25) is 0 Å². The van der Waals surface area contributed by atoms with Gasteiger partial charge < -0.3 is 10.5 Å². The molecule has 0 saturated heterocycles. The lowest BCUT2D eigenvalue weighted by molar-refractivity contribution is 0.0846. The zero-order chi connectivity index (χ0) is 11.5. The predicted molar refractivity (Wildman–Crippen MR) is 62.0 cm³/mol. The Kier molecular flexibility index (Phi) is 4.25. The van der Waals surface area contributed by atoms with Crippen LogP contribution >= 0.6 is 15.9 Å². The molecule has 0 unspecified atom stereocenters. The molecule has 0 bridgehead atoms. The maximum Gasteiger partial charge on any atom is 0.123 e. The van der Waals surface area contributed by atoms with Crippen molar-refractivity contribution in [1.29, 1.82) is 0 Å². The van der Waals surface area contributed by atoms with E-state index in [0.717, 1.165) is 10.0 Å². The van der Waals surface area contributed by atoms with Crippen molar-refractivity contribution < 1.29 is 9.13 Å². The van der Waals surface area contributed by atoms with Crippen LogP contribution in [-0.4, -0.2) is 12.1 Å². The first-order chi connectivity index (χ1) is 6.88. The van der Waals surface area contributed by atoms with E-state index >= 15 is 0 Å². The van der Waals surface area contributed by atoms with Crippen molar-refractivity contribution in [2.75, 3.05) is 6.61 Å². The van der Waals surface area contributed by atoms with Crippen LogP contribution in [0.1, 0.15) is 19.4 Å². The summed E-state index contributed by atoms with van der Waals surface area (Å²) < 4.78 is 19.2. The minimum atomic E-state index is -0.361. The van der Waals surface area contributed by atoms with E-state index in [2.05, 4.69) is 15.9 Å². The molecular formula is C11H15BrFNO. The van der Waals surface area contributed by atoms with Gasteiger partial charge in [0.2, 0.25) is 0 Å². The summed E-state index contributed by atoms with van der Waals surface area (Å²) in [6.07, 6.45) is 0. The molecule has 15 heavy (non-hydrogen) atoms. The molecule has 0 fully saturated rings. The Hall–Kier alpha value is -0.450. The van der Waals surface area contributed by atoms with E-state index in [9.17, 15) is 4.39 Å². The summed E-state index contributed by atoms with van der Waals surface area (Å²) in [6, 6.07) is 4.52. The van der Waals surface area contributed by atoms with E-state index in [-0.39, 0.29) is 11.4 Å². The second-order valence-corrected chi connectivity index (χ2v) is 5.07. The average Bonchev–Trinajstić information content (AvgIpc) is 2.09. The van der Waals surface area contributed by atoms with Gasteiger partial charge in [-0.15, -0.1) is 0 Å². The van der Waals surface area contributed by atoms with Gasteiger partial charge in [0.05, 0.1) is 13.2 Å². The summed E-state index contributed by atoms with van der Waals surface area (Å²) in [5.74, 6) is -0.260. The summed E-state index contributed by atoms with van der Waals surface area (Å²) in [6.45, 7) is 4.57. The molecule has 0 spiro atoms. The SMILES string of the molecule is CC(C)(N)COCc1cc(F)ccc1Br. The first-order valence-corrected chi connectivity index (χ1v) is 5.48. The average molecular weight is 276 g/mol. The summed E-state index contributed by atoms with van der Waals surface area (Å²) in [5, 5.41) is 0. The molecule has 0 aliphatic heterocycles. The maximum atomic E-state index is 12.9. The Morgan fingerprint density at radius 1 is 1.47 bits per heavy atom. The summed E-state index contributed by atoms with van der Waals surface area (Å²) in [5.41, 5.74) is 6.19. The zero-order valence-corrected chi connectivity index (χ0v) is 10.5. The Balaban J connectivity index is 2.54. The Morgan fingerprint density at radius 3 is 2.73 bits per heavy atom. The lowest BCUT2D eigenvalue weighted by atomic mass is 10.1. The molecular weight excluding hydrogens is 261 g/mol. The summed E-state index contributed by atoms with van der Waals surface area (Å²) in [4.78, 5) is 0. The van der Waals surface area contributed by atoms with Gasteiger partial charge in [0.15, 0.2) is 0 Å². The van der Waals surface area contributed by atoms with Crippen molar-refractivity contribution in [2.24, 2.45) is 5.73 Å². The number of benzene rings is 1. The third-order valence-electron chi connectivity index (χ3n) is 1.74. The third-order valence-corrected chi connectivity index (χ3v) is 2.51. The lowest BCUT2D eigenvalue weighted by Gasteiger charge is -2.18. The molecule has 0 aromatic heterocycles. The van der Waals surface area contributed by atoms with Crippen molar-refractivity contribution in [3.63, 3.8) is 0 Å².